The molecule has 0 bridgehead atoms. The van der Waals surface area contributed by atoms with E-state index in [4.69, 9.17) is 23.8 Å². The smallest absolute Gasteiger partial charge is 0.216 e. The summed E-state index contributed by atoms with van der Waals surface area (Å²) >= 11 is 11.4. The highest BCUT2D eigenvalue weighted by atomic mass is 35.5. The van der Waals surface area contributed by atoms with Crippen LogP contribution < -0.4 is 0 Å². The number of nitrogens with zero attached hydrogens (tertiary/aromatic N) is 5. The molecule has 106 valence electrons. The molecule has 2 aromatic heterocycles. The zero-order valence-corrected chi connectivity index (χ0v) is 12.6. The van der Waals surface area contributed by atoms with E-state index < -0.39 is 0 Å². The molecule has 3 aromatic rings. The summed E-state index contributed by atoms with van der Waals surface area (Å²) in [5.41, 5.74) is 2.41. The van der Waals surface area contributed by atoms with E-state index in [9.17, 15) is 0 Å². The normalized spacial score (nSPS) is 11.3. The van der Waals surface area contributed by atoms with Crippen LogP contribution in [0.2, 0.25) is 5.15 Å². The Labute approximate surface area is 130 Å². The number of nitrogens with one attached hydrogen (secondary N) is 1. The minimum absolute atomic E-state index is 0.412. The quantitative estimate of drug-likeness (QED) is 0.596. The average molecular weight is 319 g/mol. The van der Waals surface area contributed by atoms with Crippen molar-refractivity contribution in [3.05, 3.63) is 57.8 Å². The van der Waals surface area contributed by atoms with Gasteiger partial charge in [0.05, 0.1) is 23.2 Å². The monoisotopic (exact) mass is 318 g/mol. The van der Waals surface area contributed by atoms with Gasteiger partial charge in [-0.1, -0.05) is 29.8 Å². The zero-order chi connectivity index (χ0) is 14.8. The molecule has 1 N–H and O–H groups in total. The first-order valence-electron chi connectivity index (χ1n) is 6.14. The number of aromatic amines is 1. The van der Waals surface area contributed by atoms with E-state index in [-0.39, 0.29) is 0 Å². The Bertz CT molecular complexity index is 845. The lowest BCUT2D eigenvalue weighted by Gasteiger charge is -2.01. The number of rotatable bonds is 3. The van der Waals surface area contributed by atoms with Crippen molar-refractivity contribution >= 4 is 30.0 Å². The van der Waals surface area contributed by atoms with E-state index in [1.807, 2.05) is 37.3 Å². The van der Waals surface area contributed by atoms with Crippen molar-refractivity contribution in [3.8, 4) is 5.69 Å². The molecule has 2 heterocycles. The van der Waals surface area contributed by atoms with E-state index in [2.05, 4.69) is 20.4 Å². The van der Waals surface area contributed by atoms with Gasteiger partial charge in [-0.3, -0.25) is 5.10 Å². The summed E-state index contributed by atoms with van der Waals surface area (Å²) in [4.78, 5) is 0. The Kier molecular flexibility index (Phi) is 3.68. The van der Waals surface area contributed by atoms with Crippen molar-refractivity contribution < 1.29 is 0 Å². The number of benzene rings is 1. The summed E-state index contributed by atoms with van der Waals surface area (Å²) in [5, 5.41) is 15.6. The van der Waals surface area contributed by atoms with Crippen LogP contribution in [0.1, 0.15) is 11.3 Å². The second kappa shape index (κ2) is 5.63. The van der Waals surface area contributed by atoms with Gasteiger partial charge in [-0.25, -0.2) is 4.68 Å². The standard InChI is InChI=1S/C13H11ClN6S/c1-9-11(7-16-19-8-15-17-13(19)21)12(14)20(18-9)10-5-3-2-4-6-10/h2-8H,1H3,(H,17,21). The predicted octanol–water partition coefficient (Wildman–Crippen LogP) is 2.97. The first kappa shape index (κ1) is 13.7. The van der Waals surface area contributed by atoms with Crippen molar-refractivity contribution in [3.63, 3.8) is 0 Å². The molecule has 0 spiro atoms. The molecule has 0 aliphatic rings. The summed E-state index contributed by atoms with van der Waals surface area (Å²) in [7, 11) is 0. The Morgan fingerprint density at radius 1 is 1.33 bits per heavy atom. The molecule has 1 aromatic carbocycles. The Morgan fingerprint density at radius 3 is 2.76 bits per heavy atom. The molecule has 0 atom stereocenters. The molecule has 0 amide bonds. The molecular weight excluding hydrogens is 308 g/mol. The van der Waals surface area contributed by atoms with Gasteiger partial charge in [0.1, 0.15) is 11.5 Å². The van der Waals surface area contributed by atoms with Gasteiger partial charge in [-0.15, -0.1) is 0 Å². The second-order valence-electron chi connectivity index (χ2n) is 4.29. The van der Waals surface area contributed by atoms with E-state index in [0.717, 1.165) is 16.9 Å². The molecule has 3 rings (SSSR count). The van der Waals surface area contributed by atoms with E-state index in [1.165, 1.54) is 11.0 Å². The highest BCUT2D eigenvalue weighted by molar-refractivity contribution is 7.71. The predicted molar refractivity (Wildman–Crippen MR) is 83.7 cm³/mol. The lowest BCUT2D eigenvalue weighted by molar-refractivity contribution is 0.862. The minimum Gasteiger partial charge on any atom is -0.250 e. The van der Waals surface area contributed by atoms with Crippen molar-refractivity contribution in [2.24, 2.45) is 5.10 Å². The summed E-state index contributed by atoms with van der Waals surface area (Å²) in [6, 6.07) is 9.68. The first-order chi connectivity index (χ1) is 10.2. The minimum atomic E-state index is 0.412. The van der Waals surface area contributed by atoms with Gasteiger partial charge in [0.15, 0.2) is 0 Å². The Morgan fingerprint density at radius 2 is 2.10 bits per heavy atom. The van der Waals surface area contributed by atoms with Crippen molar-refractivity contribution in [1.29, 1.82) is 0 Å². The number of aryl methyl sites for hydroxylation is 1. The molecule has 0 saturated heterocycles. The van der Waals surface area contributed by atoms with Gasteiger partial charge < -0.3 is 0 Å². The number of halogens is 1. The maximum absolute atomic E-state index is 6.39. The Hall–Kier alpha value is -2.25. The molecule has 6 nitrogen and oxygen atoms in total. The third-order valence-corrected chi connectivity index (χ3v) is 3.54. The molecule has 21 heavy (non-hydrogen) atoms. The van der Waals surface area contributed by atoms with Crippen LogP contribution in [0.5, 0.6) is 0 Å². The number of para-hydroxylation sites is 1. The number of hydrogen-bond donors (Lipinski definition) is 1. The first-order valence-corrected chi connectivity index (χ1v) is 6.92. The summed E-state index contributed by atoms with van der Waals surface area (Å²) in [6.07, 6.45) is 3.11. The average Bonchev–Trinajstić information content (AvgIpc) is 3.02. The molecule has 8 heteroatoms. The third-order valence-electron chi connectivity index (χ3n) is 2.90. The van der Waals surface area contributed by atoms with Gasteiger partial charge in [-0.2, -0.15) is 20.0 Å². The van der Waals surface area contributed by atoms with Gasteiger partial charge in [0.25, 0.3) is 0 Å². The molecule has 0 unspecified atom stereocenters. The molecular formula is C13H11ClN6S. The van der Waals surface area contributed by atoms with Gasteiger partial charge >= 0.3 is 0 Å². The van der Waals surface area contributed by atoms with Crippen LogP contribution in [0.15, 0.2) is 41.8 Å². The molecule has 0 fully saturated rings. The van der Waals surface area contributed by atoms with Crippen LogP contribution in [-0.2, 0) is 0 Å². The lowest BCUT2D eigenvalue weighted by Crippen LogP contribution is -1.96. The van der Waals surface area contributed by atoms with Gasteiger partial charge in [0, 0.05) is 0 Å². The fraction of sp³-hybridized carbons (Fsp3) is 0.0769. The van der Waals surface area contributed by atoms with Crippen molar-refractivity contribution in [2.45, 2.75) is 6.92 Å². The number of hydrogen-bond acceptors (Lipinski definition) is 4. The van der Waals surface area contributed by atoms with Crippen molar-refractivity contribution in [1.82, 2.24) is 24.7 Å². The van der Waals surface area contributed by atoms with Crippen LogP contribution in [0, 0.1) is 11.7 Å². The number of H-pyrrole nitrogens is 1. The zero-order valence-electron chi connectivity index (χ0n) is 11.1. The molecule has 0 aliphatic carbocycles. The van der Waals surface area contributed by atoms with Crippen LogP contribution in [0.4, 0.5) is 0 Å². The fourth-order valence-electron chi connectivity index (χ4n) is 1.84. The van der Waals surface area contributed by atoms with Crippen LogP contribution >= 0.6 is 23.8 Å². The van der Waals surface area contributed by atoms with Crippen LogP contribution in [-0.4, -0.2) is 30.9 Å². The largest absolute Gasteiger partial charge is 0.250 e. The summed E-state index contributed by atoms with van der Waals surface area (Å²) in [5.74, 6) is 0. The number of aromatic nitrogens is 5. The van der Waals surface area contributed by atoms with E-state index >= 15 is 0 Å². The van der Waals surface area contributed by atoms with E-state index in [1.54, 1.807) is 10.9 Å². The highest BCUT2D eigenvalue weighted by Crippen LogP contribution is 2.21. The fourth-order valence-corrected chi connectivity index (χ4v) is 2.31. The topological polar surface area (TPSA) is 63.8 Å². The maximum atomic E-state index is 6.39. The van der Waals surface area contributed by atoms with Gasteiger partial charge in [0.2, 0.25) is 4.77 Å². The molecule has 0 saturated carbocycles. The van der Waals surface area contributed by atoms with Crippen LogP contribution in [0.3, 0.4) is 0 Å². The molecule has 0 radical (unpaired) electrons. The SMILES string of the molecule is Cc1nn(-c2ccccc2)c(Cl)c1C=Nn1cn[nH]c1=S. The van der Waals surface area contributed by atoms with Crippen LogP contribution in [0.25, 0.3) is 5.69 Å². The second-order valence-corrected chi connectivity index (χ2v) is 5.03. The maximum Gasteiger partial charge on any atom is 0.216 e. The Balaban J connectivity index is 2.01. The summed E-state index contributed by atoms with van der Waals surface area (Å²) in [6.45, 7) is 1.88. The summed E-state index contributed by atoms with van der Waals surface area (Å²) < 4.78 is 3.54. The van der Waals surface area contributed by atoms with Gasteiger partial charge in [-0.05, 0) is 31.3 Å². The van der Waals surface area contributed by atoms with E-state index in [0.29, 0.717) is 9.92 Å². The highest BCUT2D eigenvalue weighted by Gasteiger charge is 2.12. The molecule has 0 aliphatic heterocycles. The lowest BCUT2D eigenvalue weighted by atomic mass is 10.3. The third kappa shape index (κ3) is 2.65. The van der Waals surface area contributed by atoms with Crippen molar-refractivity contribution in [2.75, 3.05) is 0 Å².